The summed E-state index contributed by atoms with van der Waals surface area (Å²) in [5, 5.41) is 0. The van der Waals surface area contributed by atoms with E-state index in [4.69, 9.17) is 14.2 Å². The Labute approximate surface area is 151 Å². The van der Waals surface area contributed by atoms with Crippen LogP contribution in [-0.2, 0) is 9.53 Å². The molecule has 0 unspecified atom stereocenters. The molecule has 0 radical (unpaired) electrons. The number of pyridine rings is 1. The van der Waals surface area contributed by atoms with Crippen LogP contribution in [0.2, 0.25) is 0 Å². The van der Waals surface area contributed by atoms with E-state index in [-0.39, 0.29) is 6.61 Å². The lowest BCUT2D eigenvalue weighted by molar-refractivity contribution is -0.157. The molecule has 1 heterocycles. The van der Waals surface area contributed by atoms with E-state index in [0.29, 0.717) is 22.9 Å². The lowest BCUT2D eigenvalue weighted by atomic mass is 10.2. The normalized spacial score (nSPS) is 10.7. The van der Waals surface area contributed by atoms with Gasteiger partial charge >= 0.3 is 5.97 Å². The monoisotopic (exact) mass is 356 g/mol. The number of aliphatic imine (C=N–C) groups is 1. The Morgan fingerprint density at radius 2 is 1.88 bits per heavy atom. The van der Waals surface area contributed by atoms with Crippen molar-refractivity contribution in [2.45, 2.75) is 26.4 Å². The number of hydrogen-bond donors (Lipinski definition) is 0. The second kappa shape index (κ2) is 8.24. The summed E-state index contributed by atoms with van der Waals surface area (Å²) < 4.78 is 16.2. The highest BCUT2D eigenvalue weighted by Gasteiger charge is 2.16. The Morgan fingerprint density at radius 1 is 1.15 bits per heavy atom. The van der Waals surface area contributed by atoms with E-state index in [1.165, 1.54) is 6.20 Å². The summed E-state index contributed by atoms with van der Waals surface area (Å²) in [4.78, 5) is 30.4. The van der Waals surface area contributed by atoms with Crippen molar-refractivity contribution in [1.82, 2.24) is 4.98 Å². The van der Waals surface area contributed by atoms with Crippen LogP contribution >= 0.6 is 0 Å². The third kappa shape index (κ3) is 6.01. The smallest absolute Gasteiger partial charge is 0.344 e. The van der Waals surface area contributed by atoms with Crippen LogP contribution in [0.25, 0.3) is 0 Å². The van der Waals surface area contributed by atoms with Gasteiger partial charge in [0.1, 0.15) is 17.1 Å². The zero-order chi connectivity index (χ0) is 19.2. The van der Waals surface area contributed by atoms with E-state index in [1.807, 2.05) is 0 Å². The molecular formula is C19H20N2O5. The number of ether oxygens (including phenoxy) is 3. The molecule has 0 aliphatic heterocycles. The minimum atomic E-state index is -0.564. The number of nitrogens with zero attached hydrogens (tertiary/aromatic N) is 2. The lowest BCUT2D eigenvalue weighted by Gasteiger charge is -2.19. The molecule has 136 valence electrons. The Balaban J connectivity index is 1.97. The van der Waals surface area contributed by atoms with Crippen LogP contribution in [0.15, 0.2) is 47.6 Å². The van der Waals surface area contributed by atoms with Crippen molar-refractivity contribution in [3.05, 3.63) is 48.2 Å². The summed E-state index contributed by atoms with van der Waals surface area (Å²) >= 11 is 0. The van der Waals surface area contributed by atoms with E-state index in [1.54, 1.807) is 57.2 Å². The van der Waals surface area contributed by atoms with Gasteiger partial charge in [0.25, 0.3) is 5.91 Å². The Morgan fingerprint density at radius 3 is 2.50 bits per heavy atom. The molecule has 7 nitrogen and oxygen atoms in total. The summed E-state index contributed by atoms with van der Waals surface area (Å²) in [5.41, 5.74) is -0.243. The minimum absolute atomic E-state index is 0.204. The predicted molar refractivity (Wildman–Crippen MR) is 96.0 cm³/mol. The molecule has 0 fully saturated rings. The van der Waals surface area contributed by atoms with Gasteiger partial charge < -0.3 is 14.2 Å². The van der Waals surface area contributed by atoms with Crippen LogP contribution in [0.1, 0.15) is 31.1 Å². The quantitative estimate of drug-likeness (QED) is 0.582. The molecule has 7 heteroatoms. The molecule has 0 atom stereocenters. The summed E-state index contributed by atoms with van der Waals surface area (Å²) in [6, 6.07) is 9.85. The number of carbonyl (C=O) groups excluding carboxylic acids is 2. The van der Waals surface area contributed by atoms with Gasteiger partial charge in [-0.1, -0.05) is 6.07 Å². The molecule has 0 saturated heterocycles. The molecule has 26 heavy (non-hydrogen) atoms. The number of hydrogen-bond acceptors (Lipinski definition) is 6. The average Bonchev–Trinajstić information content (AvgIpc) is 2.59. The molecule has 0 aliphatic carbocycles. The van der Waals surface area contributed by atoms with Crippen molar-refractivity contribution in [2.24, 2.45) is 4.99 Å². The van der Waals surface area contributed by atoms with Gasteiger partial charge in [-0.15, -0.1) is 0 Å². The summed E-state index contributed by atoms with van der Waals surface area (Å²) in [6.45, 7) is 8.34. The Bertz CT molecular complexity index is 794. The minimum Gasteiger partial charge on any atom is -0.482 e. The van der Waals surface area contributed by atoms with Gasteiger partial charge in [0.15, 0.2) is 6.61 Å². The van der Waals surface area contributed by atoms with Crippen LogP contribution in [0.5, 0.6) is 17.4 Å². The lowest BCUT2D eigenvalue weighted by Crippen LogP contribution is -2.27. The van der Waals surface area contributed by atoms with E-state index in [9.17, 15) is 9.59 Å². The van der Waals surface area contributed by atoms with Gasteiger partial charge in [0.05, 0.1) is 5.56 Å². The van der Waals surface area contributed by atoms with Crippen LogP contribution in [0.4, 0.5) is 0 Å². The zero-order valence-electron chi connectivity index (χ0n) is 14.9. The van der Waals surface area contributed by atoms with E-state index >= 15 is 0 Å². The summed E-state index contributed by atoms with van der Waals surface area (Å²) in [5.74, 6) is 0.314. The van der Waals surface area contributed by atoms with Gasteiger partial charge in [0.2, 0.25) is 5.88 Å². The molecule has 1 aromatic carbocycles. The molecule has 2 aromatic rings. The first-order valence-corrected chi connectivity index (χ1v) is 7.86. The number of rotatable bonds is 6. The topological polar surface area (TPSA) is 87.1 Å². The average molecular weight is 356 g/mol. The highest BCUT2D eigenvalue weighted by molar-refractivity contribution is 5.96. The number of benzene rings is 1. The van der Waals surface area contributed by atoms with Crippen molar-refractivity contribution >= 4 is 18.6 Å². The third-order valence-corrected chi connectivity index (χ3v) is 2.93. The Hall–Kier alpha value is -3.22. The first kappa shape index (κ1) is 19.1. The fraction of sp³-hybridized carbons (Fsp3) is 0.263. The third-order valence-electron chi connectivity index (χ3n) is 2.93. The standard InChI is InChI=1S/C19H20N2O5/c1-19(2,3)26-17(22)12-24-14-6-5-7-15(10-14)25-16-9-8-13(11-21-16)18(23)20-4/h5-11H,4,12H2,1-3H3. The molecule has 0 bridgehead atoms. The number of amides is 1. The van der Waals surface area contributed by atoms with E-state index < -0.39 is 17.5 Å². The highest BCUT2D eigenvalue weighted by Crippen LogP contribution is 2.24. The highest BCUT2D eigenvalue weighted by atomic mass is 16.6. The molecule has 0 saturated carbocycles. The molecule has 2 rings (SSSR count). The first-order chi connectivity index (χ1) is 12.3. The van der Waals surface area contributed by atoms with Gasteiger partial charge in [0, 0.05) is 18.3 Å². The molecule has 0 aliphatic rings. The molecule has 0 N–H and O–H groups in total. The maximum atomic E-state index is 11.7. The van der Waals surface area contributed by atoms with E-state index in [2.05, 4.69) is 16.7 Å². The van der Waals surface area contributed by atoms with Gasteiger partial charge in [-0.25, -0.2) is 14.8 Å². The second-order valence-electron chi connectivity index (χ2n) is 6.30. The van der Waals surface area contributed by atoms with Crippen molar-refractivity contribution in [1.29, 1.82) is 0 Å². The maximum Gasteiger partial charge on any atom is 0.344 e. The number of carbonyl (C=O) groups is 2. The molecule has 1 amide bonds. The largest absolute Gasteiger partial charge is 0.482 e. The summed E-state index contributed by atoms with van der Waals surface area (Å²) in [6.07, 6.45) is 1.36. The first-order valence-electron chi connectivity index (χ1n) is 7.86. The van der Waals surface area contributed by atoms with Crippen molar-refractivity contribution in [2.75, 3.05) is 6.61 Å². The van der Waals surface area contributed by atoms with Crippen LogP contribution in [0.3, 0.4) is 0 Å². The summed E-state index contributed by atoms with van der Waals surface area (Å²) in [7, 11) is 0. The van der Waals surface area contributed by atoms with Crippen molar-refractivity contribution in [3.8, 4) is 17.4 Å². The fourth-order valence-corrected chi connectivity index (χ4v) is 1.92. The van der Waals surface area contributed by atoms with Crippen LogP contribution < -0.4 is 9.47 Å². The van der Waals surface area contributed by atoms with Crippen LogP contribution in [-0.4, -0.2) is 35.8 Å². The molecule has 0 spiro atoms. The van der Waals surface area contributed by atoms with Gasteiger partial charge in [-0.2, -0.15) is 0 Å². The van der Waals surface area contributed by atoms with E-state index in [0.717, 1.165) is 0 Å². The number of esters is 1. The zero-order valence-corrected chi connectivity index (χ0v) is 14.9. The number of aromatic nitrogens is 1. The predicted octanol–water partition coefficient (Wildman–Crippen LogP) is 3.44. The SMILES string of the molecule is C=NC(=O)c1ccc(Oc2cccc(OCC(=O)OC(C)(C)C)c2)nc1. The second-order valence-corrected chi connectivity index (χ2v) is 6.30. The maximum absolute atomic E-state index is 11.7. The van der Waals surface area contributed by atoms with Gasteiger partial charge in [-0.3, -0.25) is 4.79 Å². The molecular weight excluding hydrogens is 336 g/mol. The van der Waals surface area contributed by atoms with Crippen molar-refractivity contribution in [3.63, 3.8) is 0 Å². The van der Waals surface area contributed by atoms with Crippen molar-refractivity contribution < 1.29 is 23.8 Å². The Kier molecular flexibility index (Phi) is 6.06. The molecule has 1 aromatic heterocycles. The fourth-order valence-electron chi connectivity index (χ4n) is 1.92. The van der Waals surface area contributed by atoms with Crippen LogP contribution in [0, 0.1) is 0 Å². The van der Waals surface area contributed by atoms with Gasteiger partial charge in [-0.05, 0) is 45.7 Å².